The van der Waals surface area contributed by atoms with Gasteiger partial charge >= 0.3 is 6.03 Å². The summed E-state index contributed by atoms with van der Waals surface area (Å²) in [6.45, 7) is 1.65. The summed E-state index contributed by atoms with van der Waals surface area (Å²) in [6, 6.07) is 7.54. The van der Waals surface area contributed by atoms with Crippen molar-refractivity contribution >= 4 is 21.9 Å². The van der Waals surface area contributed by atoms with E-state index in [0.717, 1.165) is 32.1 Å². The van der Waals surface area contributed by atoms with Crippen LogP contribution in [-0.4, -0.2) is 24.2 Å². The number of nitriles is 1. The Bertz CT molecular complexity index is 985. The number of carbonyl (C=O) groups excluding carboxylic acids is 1. The highest BCUT2D eigenvalue weighted by molar-refractivity contribution is 7.90. The molecule has 0 atom stereocenters. The van der Waals surface area contributed by atoms with Gasteiger partial charge in [0.25, 0.3) is 10.0 Å². The van der Waals surface area contributed by atoms with Crippen LogP contribution < -0.4 is 10.0 Å². The van der Waals surface area contributed by atoms with Gasteiger partial charge in [-0.05, 0) is 31.4 Å². The number of anilines is 1. The highest BCUT2D eigenvalue weighted by atomic mass is 32.2. The number of rotatable bonds is 4. The molecule has 0 spiro atoms. The fourth-order valence-electron chi connectivity index (χ4n) is 3.34. The molecule has 1 aromatic carbocycles. The number of aryl methyl sites for hydroxylation is 1. The molecule has 0 radical (unpaired) electrons. The Kier molecular flexibility index (Phi) is 5.46. The Morgan fingerprint density at radius 3 is 2.63 bits per heavy atom. The molecule has 1 saturated carbocycles. The van der Waals surface area contributed by atoms with E-state index in [0.29, 0.717) is 5.56 Å². The first-order chi connectivity index (χ1) is 12.9. The largest absolute Gasteiger partial charge is 0.334 e. The van der Waals surface area contributed by atoms with Gasteiger partial charge in [-0.1, -0.05) is 37.5 Å². The molecule has 0 saturated heterocycles. The van der Waals surface area contributed by atoms with E-state index in [-0.39, 0.29) is 22.3 Å². The third-order valence-corrected chi connectivity index (χ3v) is 6.17. The Morgan fingerprint density at radius 1 is 1.26 bits per heavy atom. The number of nitrogens with one attached hydrogen (secondary N) is 2. The predicted octanol–water partition coefficient (Wildman–Crippen LogP) is 3.08. The first-order valence-electron chi connectivity index (χ1n) is 8.79. The molecular weight excluding hydrogens is 366 g/mol. The molecule has 0 aliphatic heterocycles. The van der Waals surface area contributed by atoms with Gasteiger partial charge in [-0.15, -0.1) is 0 Å². The van der Waals surface area contributed by atoms with E-state index in [1.165, 1.54) is 12.3 Å². The van der Waals surface area contributed by atoms with Crippen molar-refractivity contribution in [2.45, 2.75) is 50.0 Å². The maximum Gasteiger partial charge on any atom is 0.334 e. The maximum absolute atomic E-state index is 12.5. The number of aromatic nitrogens is 2. The van der Waals surface area contributed by atoms with E-state index >= 15 is 0 Å². The summed E-state index contributed by atoms with van der Waals surface area (Å²) in [5.41, 5.74) is 0.728. The number of amides is 2. The number of nitrogens with zero attached hydrogens (tertiary/aromatic N) is 3. The normalized spacial score (nSPS) is 15.1. The van der Waals surface area contributed by atoms with Crippen molar-refractivity contribution in [2.75, 3.05) is 5.32 Å². The van der Waals surface area contributed by atoms with Crippen molar-refractivity contribution in [3.05, 3.63) is 41.6 Å². The quantitative estimate of drug-likeness (QED) is 0.836. The van der Waals surface area contributed by atoms with Crippen LogP contribution in [0.2, 0.25) is 0 Å². The predicted molar refractivity (Wildman–Crippen MR) is 99.6 cm³/mol. The van der Waals surface area contributed by atoms with Crippen LogP contribution in [-0.2, 0) is 10.0 Å². The van der Waals surface area contributed by atoms with Crippen molar-refractivity contribution in [1.29, 1.82) is 5.26 Å². The van der Waals surface area contributed by atoms with Gasteiger partial charge in [0.05, 0.1) is 17.1 Å². The minimum atomic E-state index is -4.03. The maximum atomic E-state index is 12.5. The fraction of sp³-hybridized carbons (Fsp3) is 0.389. The van der Waals surface area contributed by atoms with Gasteiger partial charge in [0.15, 0.2) is 5.82 Å². The average molecular weight is 387 g/mol. The molecule has 2 amide bonds. The SMILES string of the molecule is Cc1ccccc1S(=O)(=O)NC(=O)Nc1c(C#N)cnn1C1CCCCC1. The molecule has 0 unspecified atom stereocenters. The molecule has 1 aliphatic rings. The van der Waals surface area contributed by atoms with Gasteiger partial charge in [0, 0.05) is 0 Å². The Balaban J connectivity index is 1.81. The van der Waals surface area contributed by atoms with Crippen LogP contribution in [0.3, 0.4) is 0 Å². The minimum Gasteiger partial charge on any atom is -0.291 e. The summed E-state index contributed by atoms with van der Waals surface area (Å²) in [5, 5.41) is 16.0. The molecular formula is C18H21N5O3S. The van der Waals surface area contributed by atoms with Crippen LogP contribution in [0.4, 0.5) is 10.6 Å². The van der Waals surface area contributed by atoms with Crippen LogP contribution in [0.15, 0.2) is 35.4 Å². The zero-order valence-corrected chi connectivity index (χ0v) is 15.8. The lowest BCUT2D eigenvalue weighted by molar-refractivity contribution is 0.256. The second-order valence-corrected chi connectivity index (χ2v) is 8.23. The molecule has 9 heteroatoms. The number of urea groups is 1. The Hall–Kier alpha value is -2.86. The van der Waals surface area contributed by atoms with E-state index in [1.54, 1.807) is 29.8 Å². The summed E-state index contributed by atoms with van der Waals surface area (Å²) in [5.74, 6) is 0.224. The summed E-state index contributed by atoms with van der Waals surface area (Å²) in [6.07, 6.45) is 6.47. The van der Waals surface area contributed by atoms with Crippen molar-refractivity contribution < 1.29 is 13.2 Å². The van der Waals surface area contributed by atoms with Crippen LogP contribution in [0.5, 0.6) is 0 Å². The molecule has 2 N–H and O–H groups in total. The van der Waals surface area contributed by atoms with Crippen molar-refractivity contribution in [1.82, 2.24) is 14.5 Å². The summed E-state index contributed by atoms with van der Waals surface area (Å²) >= 11 is 0. The van der Waals surface area contributed by atoms with Gasteiger partial charge in [-0.25, -0.2) is 22.6 Å². The molecule has 1 heterocycles. The van der Waals surface area contributed by atoms with Gasteiger partial charge in [0.2, 0.25) is 0 Å². The second-order valence-electron chi connectivity index (χ2n) is 6.58. The number of hydrogen-bond acceptors (Lipinski definition) is 5. The van der Waals surface area contributed by atoms with Crippen LogP contribution in [0.1, 0.15) is 49.3 Å². The van der Waals surface area contributed by atoms with E-state index in [4.69, 9.17) is 0 Å². The monoisotopic (exact) mass is 387 g/mol. The van der Waals surface area contributed by atoms with E-state index in [9.17, 15) is 18.5 Å². The molecule has 0 bridgehead atoms. The number of sulfonamides is 1. The lowest BCUT2D eigenvalue weighted by atomic mass is 9.95. The van der Waals surface area contributed by atoms with Crippen molar-refractivity contribution in [3.8, 4) is 6.07 Å². The summed E-state index contributed by atoms with van der Waals surface area (Å²) in [4.78, 5) is 12.4. The average Bonchev–Trinajstić information content (AvgIpc) is 3.04. The third kappa shape index (κ3) is 4.11. The molecule has 142 valence electrons. The van der Waals surface area contributed by atoms with Crippen molar-refractivity contribution in [2.24, 2.45) is 0 Å². The molecule has 1 aliphatic carbocycles. The smallest absolute Gasteiger partial charge is 0.291 e. The number of benzene rings is 1. The number of carbonyl (C=O) groups is 1. The minimum absolute atomic E-state index is 0.0291. The molecule has 2 aromatic rings. The van der Waals surface area contributed by atoms with Crippen LogP contribution >= 0.6 is 0 Å². The zero-order valence-electron chi connectivity index (χ0n) is 15.0. The Labute approximate surface area is 158 Å². The topological polar surface area (TPSA) is 117 Å². The van der Waals surface area contributed by atoms with E-state index in [2.05, 4.69) is 10.4 Å². The highest BCUT2D eigenvalue weighted by Gasteiger charge is 2.24. The molecule has 27 heavy (non-hydrogen) atoms. The van der Waals surface area contributed by atoms with Gasteiger partial charge in [-0.2, -0.15) is 10.4 Å². The highest BCUT2D eigenvalue weighted by Crippen LogP contribution is 2.31. The van der Waals surface area contributed by atoms with Crippen LogP contribution in [0, 0.1) is 18.3 Å². The first-order valence-corrected chi connectivity index (χ1v) is 10.3. The zero-order chi connectivity index (χ0) is 19.4. The van der Waals surface area contributed by atoms with Crippen molar-refractivity contribution in [3.63, 3.8) is 0 Å². The number of hydrogen-bond donors (Lipinski definition) is 2. The molecule has 3 rings (SSSR count). The van der Waals surface area contributed by atoms with E-state index < -0.39 is 16.1 Å². The summed E-state index contributed by atoms with van der Waals surface area (Å²) in [7, 11) is -4.03. The van der Waals surface area contributed by atoms with Crippen LogP contribution in [0.25, 0.3) is 0 Å². The molecule has 8 nitrogen and oxygen atoms in total. The van der Waals surface area contributed by atoms with E-state index in [1.807, 2.05) is 10.8 Å². The third-order valence-electron chi connectivity index (χ3n) is 4.68. The second kappa shape index (κ2) is 7.80. The summed E-state index contributed by atoms with van der Waals surface area (Å²) < 4.78 is 28.6. The Morgan fingerprint density at radius 2 is 1.96 bits per heavy atom. The van der Waals surface area contributed by atoms with Gasteiger partial charge < -0.3 is 0 Å². The van der Waals surface area contributed by atoms with Gasteiger partial charge in [-0.3, -0.25) is 5.32 Å². The fourth-order valence-corrected chi connectivity index (χ4v) is 4.49. The molecule has 1 fully saturated rings. The lowest BCUT2D eigenvalue weighted by Crippen LogP contribution is -2.35. The lowest BCUT2D eigenvalue weighted by Gasteiger charge is -2.24. The molecule has 1 aromatic heterocycles. The standard InChI is InChI=1S/C18H21N5O3S/c1-13-7-5-6-10-16(13)27(25,26)22-18(24)21-17-14(11-19)12-20-23(17)15-8-3-2-4-9-15/h5-7,10,12,15H,2-4,8-9H2,1H3,(H2,21,22,24). The first kappa shape index (κ1) is 18.9. The van der Waals surface area contributed by atoms with Gasteiger partial charge in [0.1, 0.15) is 11.6 Å².